The van der Waals surface area contributed by atoms with Crippen molar-refractivity contribution in [3.63, 3.8) is 0 Å². The summed E-state index contributed by atoms with van der Waals surface area (Å²) in [6, 6.07) is 10.4. The van der Waals surface area contributed by atoms with Crippen molar-refractivity contribution in [2.45, 2.75) is 50.5 Å². The topological polar surface area (TPSA) is 76.4 Å². The molecule has 3 aliphatic rings. The molecule has 0 atom stereocenters. The maximum Gasteiger partial charge on any atom is 0.257 e. The van der Waals surface area contributed by atoms with Gasteiger partial charge in [-0.15, -0.1) is 0 Å². The van der Waals surface area contributed by atoms with Gasteiger partial charge in [0.25, 0.3) is 11.9 Å². The van der Waals surface area contributed by atoms with Gasteiger partial charge >= 0.3 is 0 Å². The molecular formula is C27H32N6O2. The van der Waals surface area contributed by atoms with Crippen LogP contribution in [0.3, 0.4) is 0 Å². The van der Waals surface area contributed by atoms with E-state index in [0.717, 1.165) is 61.7 Å². The number of hydrogen-bond acceptors (Lipinski definition) is 6. The van der Waals surface area contributed by atoms with Gasteiger partial charge in [0, 0.05) is 49.9 Å². The molecule has 0 spiro atoms. The number of piperazine rings is 1. The number of nitrogens with zero attached hydrogens (tertiary/aromatic N) is 6. The number of ether oxygens (including phenoxy) is 1. The summed E-state index contributed by atoms with van der Waals surface area (Å²) in [5.41, 5.74) is 3.40. The van der Waals surface area contributed by atoms with Gasteiger partial charge in [0.15, 0.2) is 0 Å². The standard InChI is InChI=1S/C27H32N6O2/c1-35-22-8-4-5-20(17-22)24-11-12-28-27(30-24)33-25(19-9-10-19)23(18-29-33)26(34)32-15-13-31(14-16-32)21-6-2-3-7-21/h4-5,8,11-12,17-19,21H,2-3,6-7,9-10,13-16H2,1H3. The van der Waals surface area contributed by atoms with Crippen LogP contribution in [0, 0.1) is 0 Å². The SMILES string of the molecule is COc1cccc(-c2ccnc(-n3ncc(C(=O)N4CCN(C5CCCC5)CC4)c3C3CC3)n2)c1. The van der Waals surface area contributed by atoms with Crippen molar-refractivity contribution in [1.29, 1.82) is 0 Å². The monoisotopic (exact) mass is 472 g/mol. The number of methoxy groups -OCH3 is 1. The molecule has 0 bridgehead atoms. The minimum atomic E-state index is 0.0909. The summed E-state index contributed by atoms with van der Waals surface area (Å²) in [6.45, 7) is 3.50. The van der Waals surface area contributed by atoms with Gasteiger partial charge in [-0.2, -0.15) is 5.10 Å². The zero-order valence-electron chi connectivity index (χ0n) is 20.3. The molecule has 3 heterocycles. The molecule has 35 heavy (non-hydrogen) atoms. The van der Waals surface area contributed by atoms with Crippen LogP contribution in [0.5, 0.6) is 5.75 Å². The minimum Gasteiger partial charge on any atom is -0.497 e. The summed E-state index contributed by atoms with van der Waals surface area (Å²) in [7, 11) is 1.66. The number of hydrogen-bond donors (Lipinski definition) is 0. The van der Waals surface area contributed by atoms with E-state index in [4.69, 9.17) is 9.72 Å². The Labute approximate surface area is 205 Å². The van der Waals surface area contributed by atoms with Crippen molar-refractivity contribution in [2.24, 2.45) is 0 Å². The van der Waals surface area contributed by atoms with Crippen LogP contribution < -0.4 is 4.74 Å². The second kappa shape index (κ2) is 9.41. The minimum absolute atomic E-state index is 0.0909. The van der Waals surface area contributed by atoms with Crippen molar-refractivity contribution in [3.05, 3.63) is 54.0 Å². The number of rotatable bonds is 6. The van der Waals surface area contributed by atoms with E-state index >= 15 is 0 Å². The third kappa shape index (κ3) is 4.43. The zero-order valence-corrected chi connectivity index (χ0v) is 20.3. The number of carbonyl (C=O) groups excluding carboxylic acids is 1. The second-order valence-electron chi connectivity index (χ2n) is 9.87. The smallest absolute Gasteiger partial charge is 0.257 e. The lowest BCUT2D eigenvalue weighted by Crippen LogP contribution is -2.51. The molecule has 0 radical (unpaired) electrons. The first-order chi connectivity index (χ1) is 17.2. The Morgan fingerprint density at radius 2 is 1.83 bits per heavy atom. The van der Waals surface area contributed by atoms with E-state index < -0.39 is 0 Å². The van der Waals surface area contributed by atoms with Gasteiger partial charge in [-0.05, 0) is 43.9 Å². The third-order valence-corrected chi connectivity index (χ3v) is 7.64. The first-order valence-corrected chi connectivity index (χ1v) is 12.8. The fraction of sp³-hybridized carbons (Fsp3) is 0.481. The molecule has 3 fully saturated rings. The van der Waals surface area contributed by atoms with Crippen molar-refractivity contribution in [2.75, 3.05) is 33.3 Å². The summed E-state index contributed by atoms with van der Waals surface area (Å²) in [5.74, 6) is 1.70. The largest absolute Gasteiger partial charge is 0.497 e. The Bertz CT molecular complexity index is 1210. The van der Waals surface area contributed by atoms with Crippen LogP contribution in [-0.2, 0) is 0 Å². The summed E-state index contributed by atoms with van der Waals surface area (Å²) >= 11 is 0. The average Bonchev–Trinajstić information content (AvgIpc) is 3.41. The molecule has 1 aliphatic heterocycles. The van der Waals surface area contributed by atoms with E-state index in [2.05, 4.69) is 15.0 Å². The van der Waals surface area contributed by atoms with Gasteiger partial charge in [-0.1, -0.05) is 25.0 Å². The molecule has 6 rings (SSSR count). The van der Waals surface area contributed by atoms with Gasteiger partial charge in [0.2, 0.25) is 0 Å². The third-order valence-electron chi connectivity index (χ3n) is 7.64. The van der Waals surface area contributed by atoms with Crippen molar-refractivity contribution >= 4 is 5.91 Å². The maximum absolute atomic E-state index is 13.6. The molecule has 1 saturated heterocycles. The van der Waals surface area contributed by atoms with Crippen molar-refractivity contribution < 1.29 is 9.53 Å². The predicted molar refractivity (Wildman–Crippen MR) is 133 cm³/mol. The van der Waals surface area contributed by atoms with Gasteiger partial charge < -0.3 is 9.64 Å². The Morgan fingerprint density at radius 3 is 2.57 bits per heavy atom. The van der Waals surface area contributed by atoms with Crippen molar-refractivity contribution in [3.8, 4) is 23.0 Å². The molecular weight excluding hydrogens is 440 g/mol. The zero-order chi connectivity index (χ0) is 23.8. The molecule has 8 heteroatoms. The molecule has 2 saturated carbocycles. The first-order valence-electron chi connectivity index (χ1n) is 12.8. The van der Waals surface area contributed by atoms with E-state index in [1.54, 1.807) is 24.2 Å². The fourth-order valence-corrected chi connectivity index (χ4v) is 5.56. The molecule has 2 aliphatic carbocycles. The Hall–Kier alpha value is -3.26. The number of carbonyl (C=O) groups is 1. The molecule has 1 amide bonds. The quantitative estimate of drug-likeness (QED) is 0.541. The highest BCUT2D eigenvalue weighted by atomic mass is 16.5. The van der Waals surface area contributed by atoms with Gasteiger partial charge in [-0.25, -0.2) is 14.6 Å². The molecule has 2 aromatic heterocycles. The van der Waals surface area contributed by atoms with Gasteiger partial charge in [-0.3, -0.25) is 9.69 Å². The highest BCUT2D eigenvalue weighted by Gasteiger charge is 2.36. The highest BCUT2D eigenvalue weighted by molar-refractivity contribution is 5.95. The van der Waals surface area contributed by atoms with Gasteiger partial charge in [0.1, 0.15) is 5.75 Å². The van der Waals surface area contributed by atoms with E-state index in [9.17, 15) is 4.79 Å². The summed E-state index contributed by atoms with van der Waals surface area (Å²) in [6.07, 6.45) is 10.9. The van der Waals surface area contributed by atoms with E-state index in [-0.39, 0.29) is 5.91 Å². The molecule has 0 N–H and O–H groups in total. The van der Waals surface area contributed by atoms with Crippen LogP contribution >= 0.6 is 0 Å². The maximum atomic E-state index is 13.6. The lowest BCUT2D eigenvalue weighted by molar-refractivity contribution is 0.0572. The van der Waals surface area contributed by atoms with Crippen LogP contribution in [0.4, 0.5) is 0 Å². The molecule has 1 aromatic carbocycles. The Morgan fingerprint density at radius 1 is 1.03 bits per heavy atom. The van der Waals surface area contributed by atoms with E-state index in [1.807, 2.05) is 35.2 Å². The van der Waals surface area contributed by atoms with Crippen LogP contribution in [-0.4, -0.2) is 74.8 Å². The Balaban J connectivity index is 1.25. The fourth-order valence-electron chi connectivity index (χ4n) is 5.56. The van der Waals surface area contributed by atoms with Crippen LogP contribution in [0.15, 0.2) is 42.7 Å². The second-order valence-corrected chi connectivity index (χ2v) is 9.87. The molecule has 3 aromatic rings. The summed E-state index contributed by atoms with van der Waals surface area (Å²) in [4.78, 5) is 27.5. The lowest BCUT2D eigenvalue weighted by Gasteiger charge is -2.38. The number of aromatic nitrogens is 4. The molecule has 0 unspecified atom stereocenters. The summed E-state index contributed by atoms with van der Waals surface area (Å²) < 4.78 is 7.15. The van der Waals surface area contributed by atoms with Gasteiger partial charge in [0.05, 0.1) is 30.3 Å². The van der Waals surface area contributed by atoms with Crippen LogP contribution in [0.1, 0.15) is 60.5 Å². The normalized spacial score (nSPS) is 19.3. The van der Waals surface area contributed by atoms with Crippen molar-refractivity contribution in [1.82, 2.24) is 29.5 Å². The number of benzene rings is 1. The average molecular weight is 473 g/mol. The van der Waals surface area contributed by atoms with E-state index in [0.29, 0.717) is 23.5 Å². The molecule has 8 nitrogen and oxygen atoms in total. The summed E-state index contributed by atoms with van der Waals surface area (Å²) in [5, 5.41) is 4.62. The van der Waals surface area contributed by atoms with E-state index in [1.165, 1.54) is 25.7 Å². The van der Waals surface area contributed by atoms with Crippen LogP contribution in [0.2, 0.25) is 0 Å². The van der Waals surface area contributed by atoms with Crippen LogP contribution in [0.25, 0.3) is 17.2 Å². The Kier molecular flexibility index (Phi) is 5.98. The number of amides is 1. The lowest BCUT2D eigenvalue weighted by atomic mass is 10.1. The molecule has 182 valence electrons. The highest BCUT2D eigenvalue weighted by Crippen LogP contribution is 2.42. The predicted octanol–water partition coefficient (Wildman–Crippen LogP) is 3.92. The first kappa shape index (κ1) is 22.2.